The van der Waals surface area contributed by atoms with Crippen LogP contribution in [0.5, 0.6) is 0 Å². The average Bonchev–Trinajstić information content (AvgIpc) is 3.07. The highest BCUT2D eigenvalue weighted by Gasteiger charge is 2.26. The number of likely N-dealkylation sites (N-methyl/N-ethyl adjacent to an activating group) is 1. The van der Waals surface area contributed by atoms with Gasteiger partial charge in [0.25, 0.3) is 11.4 Å². The van der Waals surface area contributed by atoms with Gasteiger partial charge in [0.05, 0.1) is 18.5 Å². The predicted octanol–water partition coefficient (Wildman–Crippen LogP) is 2.68. The van der Waals surface area contributed by atoms with Gasteiger partial charge in [0.2, 0.25) is 0 Å². The van der Waals surface area contributed by atoms with Crippen molar-refractivity contribution in [2.75, 3.05) is 13.1 Å². The molecular formula is C19H21N4OS+. The van der Waals surface area contributed by atoms with Crippen molar-refractivity contribution in [3.05, 3.63) is 51.9 Å². The summed E-state index contributed by atoms with van der Waals surface area (Å²) in [4.78, 5) is 18.9. The van der Waals surface area contributed by atoms with Gasteiger partial charge in [0, 0.05) is 10.9 Å². The Hall–Kier alpha value is -2.47. The number of hydrogen-bond donors (Lipinski definition) is 1. The number of aromatic nitrogens is 2. The summed E-state index contributed by atoms with van der Waals surface area (Å²) in [6, 6.07) is 10.1. The molecule has 0 saturated carbocycles. The van der Waals surface area contributed by atoms with E-state index in [1.807, 2.05) is 40.3 Å². The van der Waals surface area contributed by atoms with E-state index in [1.165, 1.54) is 0 Å². The fourth-order valence-corrected chi connectivity index (χ4v) is 4.33. The maximum Gasteiger partial charge on any atom is 0.265 e. The van der Waals surface area contributed by atoms with Crippen molar-refractivity contribution in [1.82, 2.24) is 14.9 Å². The van der Waals surface area contributed by atoms with Crippen LogP contribution in [-0.2, 0) is 13.1 Å². The summed E-state index contributed by atoms with van der Waals surface area (Å²) in [5.74, 6) is 1.94. The van der Waals surface area contributed by atoms with Gasteiger partial charge in [-0.25, -0.2) is 4.98 Å². The molecule has 1 aliphatic heterocycles. The molecule has 0 radical (unpaired) electrons. The molecule has 0 saturated heterocycles. The average molecular weight is 353 g/mol. The van der Waals surface area contributed by atoms with Crippen LogP contribution in [0.25, 0.3) is 21.3 Å². The van der Waals surface area contributed by atoms with Gasteiger partial charge in [-0.2, -0.15) is 0 Å². The van der Waals surface area contributed by atoms with Crippen LogP contribution < -0.4 is 10.9 Å². The summed E-state index contributed by atoms with van der Waals surface area (Å²) < 4.78 is 4.08. The van der Waals surface area contributed by atoms with E-state index in [1.54, 1.807) is 11.3 Å². The Morgan fingerprint density at radius 3 is 2.80 bits per heavy atom. The highest BCUT2D eigenvalue weighted by Crippen LogP contribution is 2.31. The second-order valence-electron chi connectivity index (χ2n) is 6.11. The first-order chi connectivity index (χ1) is 12.2. The third-order valence-corrected chi connectivity index (χ3v) is 5.51. The van der Waals surface area contributed by atoms with Crippen molar-refractivity contribution in [1.29, 1.82) is 0 Å². The van der Waals surface area contributed by atoms with E-state index in [2.05, 4.69) is 23.7 Å². The number of nitrogens with zero attached hydrogens (tertiary/aromatic N) is 3. The van der Waals surface area contributed by atoms with Crippen LogP contribution in [0.1, 0.15) is 19.7 Å². The molecule has 25 heavy (non-hydrogen) atoms. The Morgan fingerprint density at radius 2 is 2.08 bits per heavy atom. The smallest absolute Gasteiger partial charge is 0.265 e. The molecule has 1 N–H and O–H groups in total. The lowest BCUT2D eigenvalue weighted by molar-refractivity contribution is -0.548. The minimum absolute atomic E-state index is 0.0614. The quantitative estimate of drug-likeness (QED) is 0.737. The number of benzene rings is 1. The van der Waals surface area contributed by atoms with Gasteiger partial charge < -0.3 is 0 Å². The molecule has 0 amide bonds. The van der Waals surface area contributed by atoms with Gasteiger partial charge in [-0.3, -0.25) is 19.3 Å². The van der Waals surface area contributed by atoms with Crippen molar-refractivity contribution < 1.29 is 4.58 Å². The van der Waals surface area contributed by atoms with E-state index in [0.717, 1.165) is 46.1 Å². The van der Waals surface area contributed by atoms with E-state index in [0.29, 0.717) is 13.1 Å². The number of rotatable bonds is 3. The van der Waals surface area contributed by atoms with Crippen molar-refractivity contribution in [3.63, 3.8) is 0 Å². The maximum absolute atomic E-state index is 13.2. The predicted molar refractivity (Wildman–Crippen MR) is 103 cm³/mol. The molecule has 2 aromatic heterocycles. The zero-order valence-electron chi connectivity index (χ0n) is 14.5. The topological polar surface area (TPSA) is 49.9 Å². The maximum atomic E-state index is 13.2. The minimum Gasteiger partial charge on any atom is -0.280 e. The summed E-state index contributed by atoms with van der Waals surface area (Å²) in [5.41, 5.74) is 2.11. The molecular weight excluding hydrogens is 332 g/mol. The zero-order chi connectivity index (χ0) is 17.4. The Kier molecular flexibility index (Phi) is 4.13. The fraction of sp³-hybridized carbons (Fsp3) is 0.316. The molecule has 5 nitrogen and oxygen atoms in total. The summed E-state index contributed by atoms with van der Waals surface area (Å²) in [6.07, 6.45) is 0. The van der Waals surface area contributed by atoms with Gasteiger partial charge in [-0.1, -0.05) is 30.3 Å². The Bertz CT molecular complexity index is 1020. The second-order valence-corrected chi connectivity index (χ2v) is 6.96. The van der Waals surface area contributed by atoms with E-state index in [-0.39, 0.29) is 5.56 Å². The number of amidine groups is 1. The lowest BCUT2D eigenvalue weighted by atomic mass is 10.1. The van der Waals surface area contributed by atoms with Crippen LogP contribution >= 0.6 is 11.3 Å². The molecule has 0 spiro atoms. The normalized spacial score (nSPS) is 14.0. The van der Waals surface area contributed by atoms with E-state index in [9.17, 15) is 4.79 Å². The van der Waals surface area contributed by atoms with E-state index < -0.39 is 0 Å². The molecule has 1 aromatic carbocycles. The third-order valence-electron chi connectivity index (χ3n) is 4.64. The highest BCUT2D eigenvalue weighted by atomic mass is 32.1. The van der Waals surface area contributed by atoms with Crippen molar-refractivity contribution in [2.45, 2.75) is 26.9 Å². The SMILES string of the molecule is CCNC1=[N+](CC)Cc2nc3scc(-c4ccccc4)c3c(=O)n2C1. The number of hydrogen-bond acceptors (Lipinski definition) is 4. The lowest BCUT2D eigenvalue weighted by Gasteiger charge is -2.20. The third kappa shape index (κ3) is 2.66. The van der Waals surface area contributed by atoms with Gasteiger partial charge in [-0.15, -0.1) is 11.3 Å². The Labute approximate surface area is 150 Å². The molecule has 0 unspecified atom stereocenters. The van der Waals surface area contributed by atoms with Crippen LogP contribution in [0.3, 0.4) is 0 Å². The fourth-order valence-electron chi connectivity index (χ4n) is 3.37. The first kappa shape index (κ1) is 16.0. The molecule has 0 fully saturated rings. The van der Waals surface area contributed by atoms with Crippen molar-refractivity contribution in [3.8, 4) is 11.1 Å². The summed E-state index contributed by atoms with van der Waals surface area (Å²) in [6.45, 7) is 7.18. The van der Waals surface area contributed by atoms with Crippen LogP contribution in [0.2, 0.25) is 0 Å². The molecule has 3 aromatic rings. The van der Waals surface area contributed by atoms with Gasteiger partial charge >= 0.3 is 0 Å². The van der Waals surface area contributed by atoms with Gasteiger partial charge in [-0.05, 0) is 19.4 Å². The standard InChI is InChI=1S/C19H20N4OS/c1-3-20-15-11-23-16(10-22(15)4-2)21-18-17(19(23)24)14(12-25-18)13-8-6-5-7-9-13/h5-9,12H,3-4,10-11H2,1-2H3/p+1. The number of thiophene rings is 1. The first-order valence-corrected chi connectivity index (χ1v) is 9.51. The summed E-state index contributed by atoms with van der Waals surface area (Å²) in [7, 11) is 0. The van der Waals surface area contributed by atoms with Crippen LogP contribution in [0.4, 0.5) is 0 Å². The molecule has 0 aliphatic carbocycles. The Morgan fingerprint density at radius 1 is 1.28 bits per heavy atom. The summed E-state index contributed by atoms with van der Waals surface area (Å²) in [5, 5.41) is 6.18. The van der Waals surface area contributed by atoms with Crippen molar-refractivity contribution >= 4 is 27.4 Å². The van der Waals surface area contributed by atoms with Crippen LogP contribution in [0, 0.1) is 0 Å². The molecule has 4 rings (SSSR count). The zero-order valence-corrected chi connectivity index (χ0v) is 15.3. The largest absolute Gasteiger partial charge is 0.280 e. The second kappa shape index (κ2) is 6.44. The molecule has 0 atom stereocenters. The van der Waals surface area contributed by atoms with Crippen LogP contribution in [-0.4, -0.2) is 33.1 Å². The highest BCUT2D eigenvalue weighted by molar-refractivity contribution is 7.17. The van der Waals surface area contributed by atoms with E-state index >= 15 is 0 Å². The lowest BCUT2D eigenvalue weighted by Crippen LogP contribution is -2.45. The van der Waals surface area contributed by atoms with E-state index in [4.69, 9.17) is 4.98 Å². The molecule has 3 heterocycles. The van der Waals surface area contributed by atoms with Crippen LogP contribution in [0.15, 0.2) is 40.5 Å². The monoisotopic (exact) mass is 353 g/mol. The van der Waals surface area contributed by atoms with Crippen molar-refractivity contribution in [2.24, 2.45) is 0 Å². The molecule has 0 bridgehead atoms. The Balaban J connectivity index is 1.89. The number of nitrogens with one attached hydrogen (secondary N) is 1. The molecule has 1 aliphatic rings. The van der Waals surface area contributed by atoms with Gasteiger partial charge in [0.15, 0.2) is 5.82 Å². The number of fused-ring (bicyclic) bond motifs is 2. The first-order valence-electron chi connectivity index (χ1n) is 8.63. The summed E-state index contributed by atoms with van der Waals surface area (Å²) >= 11 is 1.55. The van der Waals surface area contributed by atoms with Gasteiger partial charge in [0.1, 0.15) is 17.9 Å². The molecule has 128 valence electrons. The minimum atomic E-state index is 0.0614. The molecule has 6 heteroatoms.